The number of halogens is 1. The molecule has 2 rings (SSSR count). The van der Waals surface area contributed by atoms with Crippen LogP contribution in [-0.4, -0.2) is 28.8 Å². The summed E-state index contributed by atoms with van der Waals surface area (Å²) >= 11 is 5.96. The first kappa shape index (κ1) is 23.0. The van der Waals surface area contributed by atoms with Gasteiger partial charge in [-0.25, -0.2) is 0 Å². The molecule has 0 bridgehead atoms. The Bertz CT molecular complexity index is 820. The molecule has 0 unspecified atom stereocenters. The highest BCUT2D eigenvalue weighted by molar-refractivity contribution is 6.30. The molecule has 0 saturated carbocycles. The second-order valence-electron chi connectivity index (χ2n) is 7.56. The molecular formula is C24H31ClN2O2. The lowest BCUT2D eigenvalue weighted by Crippen LogP contribution is -2.51. The zero-order valence-electron chi connectivity index (χ0n) is 17.7. The molecule has 2 aromatic rings. The van der Waals surface area contributed by atoms with Gasteiger partial charge in [-0.2, -0.15) is 0 Å². The fraction of sp³-hybridized carbons (Fsp3) is 0.417. The first-order valence-electron chi connectivity index (χ1n) is 10.2. The minimum atomic E-state index is -0.510. The molecule has 0 aromatic heterocycles. The van der Waals surface area contributed by atoms with E-state index in [-0.39, 0.29) is 24.3 Å². The lowest BCUT2D eigenvalue weighted by Gasteiger charge is -2.31. The summed E-state index contributed by atoms with van der Waals surface area (Å²) in [5, 5.41) is 3.67. The van der Waals surface area contributed by atoms with Crippen LogP contribution in [0.15, 0.2) is 48.5 Å². The van der Waals surface area contributed by atoms with Crippen molar-refractivity contribution in [3.05, 3.63) is 70.2 Å². The molecule has 156 valence electrons. The molecule has 5 heteroatoms. The van der Waals surface area contributed by atoms with E-state index >= 15 is 0 Å². The Morgan fingerprint density at radius 3 is 2.31 bits per heavy atom. The average Bonchev–Trinajstić information content (AvgIpc) is 2.69. The summed E-state index contributed by atoms with van der Waals surface area (Å²) in [5.74, 6) is -0.168. The number of benzene rings is 2. The minimum absolute atomic E-state index is 0.0695. The van der Waals surface area contributed by atoms with Crippen LogP contribution in [0.2, 0.25) is 5.02 Å². The van der Waals surface area contributed by atoms with Crippen molar-refractivity contribution in [3.63, 3.8) is 0 Å². The first-order chi connectivity index (χ1) is 13.8. The van der Waals surface area contributed by atoms with Gasteiger partial charge >= 0.3 is 0 Å². The molecule has 0 saturated heterocycles. The van der Waals surface area contributed by atoms with Crippen LogP contribution in [-0.2, 0) is 22.6 Å². The summed E-state index contributed by atoms with van der Waals surface area (Å²) in [6, 6.07) is 14.9. The maximum atomic E-state index is 13.3. The maximum absolute atomic E-state index is 13.3. The number of nitrogens with zero attached hydrogens (tertiary/aromatic N) is 1. The number of carbonyl (C=O) groups is 2. The van der Waals surface area contributed by atoms with Crippen LogP contribution >= 0.6 is 11.6 Å². The molecule has 29 heavy (non-hydrogen) atoms. The highest BCUT2D eigenvalue weighted by atomic mass is 35.5. The second kappa shape index (κ2) is 11.0. The van der Waals surface area contributed by atoms with Gasteiger partial charge in [0.2, 0.25) is 11.8 Å². The predicted molar refractivity (Wildman–Crippen MR) is 119 cm³/mol. The quantitative estimate of drug-likeness (QED) is 0.633. The summed E-state index contributed by atoms with van der Waals surface area (Å²) in [4.78, 5) is 27.9. The molecule has 1 N–H and O–H groups in total. The standard InChI is InChI=1S/C24H31ClN2O2/c1-5-18(4)26-24(29)22(6-2)27(16-20-9-7-8-17(3)14-20)23(28)15-19-10-12-21(25)13-11-19/h7-14,18,22H,5-6,15-16H2,1-4H3,(H,26,29)/t18-,22+/m1/s1. The van der Waals surface area contributed by atoms with E-state index in [1.807, 2.05) is 58.0 Å². The van der Waals surface area contributed by atoms with Crippen molar-refractivity contribution < 1.29 is 9.59 Å². The number of hydrogen-bond acceptors (Lipinski definition) is 2. The van der Waals surface area contributed by atoms with Crippen molar-refractivity contribution in [1.82, 2.24) is 10.2 Å². The normalized spacial score (nSPS) is 12.9. The van der Waals surface area contributed by atoms with Crippen LogP contribution in [0.3, 0.4) is 0 Å². The van der Waals surface area contributed by atoms with Crippen molar-refractivity contribution in [2.45, 2.75) is 65.6 Å². The SMILES string of the molecule is CC[C@@H](C)NC(=O)[C@H](CC)N(Cc1cccc(C)c1)C(=O)Cc1ccc(Cl)cc1. The van der Waals surface area contributed by atoms with Gasteiger partial charge in [0.15, 0.2) is 0 Å². The summed E-state index contributed by atoms with van der Waals surface area (Å²) < 4.78 is 0. The van der Waals surface area contributed by atoms with Crippen molar-refractivity contribution in [3.8, 4) is 0 Å². The molecular weight excluding hydrogens is 384 g/mol. The van der Waals surface area contributed by atoms with Gasteiger partial charge in [-0.1, -0.05) is 67.4 Å². The Balaban J connectivity index is 2.28. The molecule has 0 aliphatic heterocycles. The topological polar surface area (TPSA) is 49.4 Å². The molecule has 0 spiro atoms. The Labute approximate surface area is 179 Å². The molecule has 0 aliphatic carbocycles. The van der Waals surface area contributed by atoms with Crippen molar-refractivity contribution in [2.24, 2.45) is 0 Å². The zero-order valence-corrected chi connectivity index (χ0v) is 18.5. The van der Waals surface area contributed by atoms with E-state index in [9.17, 15) is 9.59 Å². The van der Waals surface area contributed by atoms with Crippen LogP contribution in [0.1, 0.15) is 50.3 Å². The maximum Gasteiger partial charge on any atom is 0.243 e. The summed E-state index contributed by atoms with van der Waals surface area (Å²) in [7, 11) is 0. The number of rotatable bonds is 9. The molecule has 0 fully saturated rings. The van der Waals surface area contributed by atoms with Crippen molar-refractivity contribution >= 4 is 23.4 Å². The Morgan fingerprint density at radius 1 is 1.03 bits per heavy atom. The molecule has 0 aliphatic rings. The fourth-order valence-corrected chi connectivity index (χ4v) is 3.37. The number of carbonyl (C=O) groups excluding carboxylic acids is 2. The van der Waals surface area contributed by atoms with Crippen LogP contribution in [0.5, 0.6) is 0 Å². The van der Waals surface area contributed by atoms with Gasteiger partial charge in [-0.15, -0.1) is 0 Å². The van der Waals surface area contributed by atoms with E-state index in [4.69, 9.17) is 11.6 Å². The van der Waals surface area contributed by atoms with Gasteiger partial charge in [-0.3, -0.25) is 9.59 Å². The van der Waals surface area contributed by atoms with Crippen LogP contribution < -0.4 is 5.32 Å². The van der Waals surface area contributed by atoms with E-state index < -0.39 is 6.04 Å². The molecule has 2 aromatic carbocycles. The van der Waals surface area contributed by atoms with Gasteiger partial charge in [0.1, 0.15) is 6.04 Å². The monoisotopic (exact) mass is 414 g/mol. The van der Waals surface area contributed by atoms with E-state index in [1.165, 1.54) is 0 Å². The fourth-order valence-electron chi connectivity index (χ4n) is 3.25. The number of amides is 2. The van der Waals surface area contributed by atoms with E-state index in [0.29, 0.717) is 18.0 Å². The zero-order chi connectivity index (χ0) is 21.4. The van der Waals surface area contributed by atoms with Gasteiger partial charge in [0.25, 0.3) is 0 Å². The third-order valence-electron chi connectivity index (χ3n) is 5.09. The molecule has 0 heterocycles. The van der Waals surface area contributed by atoms with E-state index in [2.05, 4.69) is 11.4 Å². The van der Waals surface area contributed by atoms with Crippen molar-refractivity contribution in [1.29, 1.82) is 0 Å². The highest BCUT2D eigenvalue weighted by Crippen LogP contribution is 2.17. The number of nitrogens with one attached hydrogen (secondary N) is 1. The number of aryl methyl sites for hydroxylation is 1. The molecule has 2 amide bonds. The van der Waals surface area contributed by atoms with Gasteiger partial charge in [0, 0.05) is 17.6 Å². The number of hydrogen-bond donors (Lipinski definition) is 1. The Kier molecular flexibility index (Phi) is 8.71. The third-order valence-corrected chi connectivity index (χ3v) is 5.34. The van der Waals surface area contributed by atoms with Gasteiger partial charge < -0.3 is 10.2 Å². The Morgan fingerprint density at radius 2 is 1.72 bits per heavy atom. The largest absolute Gasteiger partial charge is 0.352 e. The lowest BCUT2D eigenvalue weighted by atomic mass is 10.1. The second-order valence-corrected chi connectivity index (χ2v) is 7.99. The predicted octanol–water partition coefficient (Wildman–Crippen LogP) is 4.91. The van der Waals surface area contributed by atoms with E-state index in [0.717, 1.165) is 23.1 Å². The van der Waals surface area contributed by atoms with Crippen LogP contribution in [0.25, 0.3) is 0 Å². The first-order valence-corrected chi connectivity index (χ1v) is 10.6. The van der Waals surface area contributed by atoms with Gasteiger partial charge in [0.05, 0.1) is 6.42 Å². The molecule has 0 radical (unpaired) electrons. The summed E-state index contributed by atoms with van der Waals surface area (Å²) in [6.45, 7) is 8.38. The van der Waals surface area contributed by atoms with Gasteiger partial charge in [-0.05, 0) is 49.9 Å². The molecule has 2 atom stereocenters. The smallest absolute Gasteiger partial charge is 0.243 e. The lowest BCUT2D eigenvalue weighted by molar-refractivity contribution is -0.141. The van der Waals surface area contributed by atoms with E-state index in [1.54, 1.807) is 17.0 Å². The van der Waals surface area contributed by atoms with Crippen molar-refractivity contribution in [2.75, 3.05) is 0 Å². The summed E-state index contributed by atoms with van der Waals surface area (Å²) in [6.07, 6.45) is 1.63. The highest BCUT2D eigenvalue weighted by Gasteiger charge is 2.29. The minimum Gasteiger partial charge on any atom is -0.352 e. The third kappa shape index (κ3) is 6.90. The van der Waals surface area contributed by atoms with Crippen LogP contribution in [0.4, 0.5) is 0 Å². The Hall–Kier alpha value is -2.33. The average molecular weight is 415 g/mol. The summed E-state index contributed by atoms with van der Waals surface area (Å²) in [5.41, 5.74) is 3.03. The molecule has 4 nitrogen and oxygen atoms in total. The van der Waals surface area contributed by atoms with Crippen LogP contribution in [0, 0.1) is 6.92 Å².